The normalized spacial score (nSPS) is 19.2. The zero-order valence-electron chi connectivity index (χ0n) is 18.2. The van der Waals surface area contributed by atoms with E-state index in [1.807, 2.05) is 0 Å². The fourth-order valence-electron chi connectivity index (χ4n) is 3.89. The molecule has 0 N–H and O–H groups in total. The standard InChI is InChI=1S/C22H22F4N6O/c1-4-22(2)20(33)30(3)16-11-28-21(29-19(16)32(22)12-15(24)17(25)26)31-10-9-27-18(31)13-5-7-14(23)8-6-13/h5-11,15,17H,4,12H2,1-3H3. The lowest BCUT2D eigenvalue weighted by Gasteiger charge is -2.47. The van der Waals surface area contributed by atoms with Gasteiger partial charge < -0.3 is 9.80 Å². The van der Waals surface area contributed by atoms with Gasteiger partial charge in [0.25, 0.3) is 12.3 Å². The van der Waals surface area contributed by atoms with Crippen LogP contribution in [0.4, 0.5) is 29.1 Å². The van der Waals surface area contributed by atoms with E-state index in [-0.39, 0.29) is 29.8 Å². The van der Waals surface area contributed by atoms with E-state index < -0.39 is 30.5 Å². The van der Waals surface area contributed by atoms with Gasteiger partial charge in [0.05, 0.1) is 12.7 Å². The Labute approximate surface area is 187 Å². The molecule has 7 nitrogen and oxygen atoms in total. The van der Waals surface area contributed by atoms with Crippen molar-refractivity contribution in [3.05, 3.63) is 48.7 Å². The minimum Gasteiger partial charge on any atom is -0.337 e. The summed E-state index contributed by atoms with van der Waals surface area (Å²) in [4.78, 5) is 28.8. The second kappa shape index (κ2) is 8.45. The Kier molecular flexibility index (Phi) is 5.81. The molecule has 1 aromatic carbocycles. The quantitative estimate of drug-likeness (QED) is 0.518. The number of carbonyl (C=O) groups excluding carboxylic acids is 1. The van der Waals surface area contributed by atoms with Crippen LogP contribution < -0.4 is 9.80 Å². The second-order valence-corrected chi connectivity index (χ2v) is 7.96. The molecule has 2 unspecified atom stereocenters. The highest BCUT2D eigenvalue weighted by Gasteiger charge is 2.48. The first-order valence-electron chi connectivity index (χ1n) is 10.3. The van der Waals surface area contributed by atoms with Crippen LogP contribution in [0.5, 0.6) is 0 Å². The molecule has 4 rings (SSSR count). The number of nitrogens with zero attached hydrogens (tertiary/aromatic N) is 6. The van der Waals surface area contributed by atoms with Crippen LogP contribution in [-0.4, -0.2) is 57.2 Å². The van der Waals surface area contributed by atoms with E-state index in [1.54, 1.807) is 36.7 Å². The summed E-state index contributed by atoms with van der Waals surface area (Å²) in [6, 6.07) is 5.69. The van der Waals surface area contributed by atoms with E-state index >= 15 is 0 Å². The van der Waals surface area contributed by atoms with Crippen molar-refractivity contribution in [2.24, 2.45) is 0 Å². The molecule has 0 fully saturated rings. The van der Waals surface area contributed by atoms with Crippen LogP contribution in [0.3, 0.4) is 0 Å². The lowest BCUT2D eigenvalue weighted by atomic mass is 9.91. The summed E-state index contributed by atoms with van der Waals surface area (Å²) in [7, 11) is 1.54. The molecule has 2 aromatic heterocycles. The van der Waals surface area contributed by atoms with Crippen molar-refractivity contribution in [2.75, 3.05) is 23.4 Å². The Balaban J connectivity index is 1.84. The number of fused-ring (bicyclic) bond motifs is 1. The number of likely N-dealkylation sites (N-methyl/N-ethyl adjacent to an activating group) is 1. The van der Waals surface area contributed by atoms with E-state index in [2.05, 4.69) is 15.0 Å². The van der Waals surface area contributed by atoms with Crippen LogP contribution >= 0.6 is 0 Å². The van der Waals surface area contributed by atoms with Crippen LogP contribution in [0.1, 0.15) is 20.3 Å². The van der Waals surface area contributed by atoms with Gasteiger partial charge in [0.2, 0.25) is 5.95 Å². The van der Waals surface area contributed by atoms with Gasteiger partial charge in [0.15, 0.2) is 12.0 Å². The Hall–Kier alpha value is -3.50. The third-order valence-electron chi connectivity index (χ3n) is 5.99. The molecular formula is C22H22F4N6O. The van der Waals surface area contributed by atoms with Crippen LogP contribution in [0.15, 0.2) is 42.9 Å². The molecule has 1 aliphatic heterocycles. The van der Waals surface area contributed by atoms with E-state index in [9.17, 15) is 22.4 Å². The predicted octanol–water partition coefficient (Wildman–Crippen LogP) is 4.02. The topological polar surface area (TPSA) is 67.2 Å². The molecule has 0 saturated carbocycles. The predicted molar refractivity (Wildman–Crippen MR) is 115 cm³/mol. The number of carbonyl (C=O) groups is 1. The van der Waals surface area contributed by atoms with Gasteiger partial charge in [-0.3, -0.25) is 9.36 Å². The molecular weight excluding hydrogens is 440 g/mol. The summed E-state index contributed by atoms with van der Waals surface area (Å²) < 4.78 is 55.3. The number of halogens is 4. The van der Waals surface area contributed by atoms with E-state index in [0.29, 0.717) is 11.4 Å². The molecule has 1 aliphatic rings. The fraction of sp³-hybridized carbons (Fsp3) is 0.364. The van der Waals surface area contributed by atoms with Gasteiger partial charge in [-0.15, -0.1) is 0 Å². The second-order valence-electron chi connectivity index (χ2n) is 7.96. The monoisotopic (exact) mass is 462 g/mol. The zero-order chi connectivity index (χ0) is 23.9. The van der Waals surface area contributed by atoms with Crippen molar-refractivity contribution in [1.29, 1.82) is 0 Å². The largest absolute Gasteiger partial charge is 0.337 e. The van der Waals surface area contributed by atoms with Gasteiger partial charge in [-0.1, -0.05) is 6.92 Å². The van der Waals surface area contributed by atoms with E-state index in [0.717, 1.165) is 0 Å². The average Bonchev–Trinajstić information content (AvgIpc) is 3.30. The molecule has 0 spiro atoms. The average molecular weight is 462 g/mol. The van der Waals surface area contributed by atoms with Crippen LogP contribution in [-0.2, 0) is 4.79 Å². The molecule has 2 atom stereocenters. The molecule has 11 heteroatoms. The summed E-state index contributed by atoms with van der Waals surface area (Å²) in [6.07, 6.45) is -0.929. The SMILES string of the molecule is CCC1(C)C(=O)N(C)c2cnc(-n3ccnc3-c3ccc(F)cc3)nc2N1CC(F)C(F)F. The molecule has 0 radical (unpaired) electrons. The highest BCUT2D eigenvalue weighted by Crippen LogP contribution is 2.40. The summed E-state index contributed by atoms with van der Waals surface area (Å²) in [6.45, 7) is 2.60. The number of aromatic nitrogens is 4. The van der Waals surface area contributed by atoms with Crippen molar-refractivity contribution >= 4 is 17.4 Å². The molecule has 3 aromatic rings. The number of rotatable bonds is 6. The van der Waals surface area contributed by atoms with E-state index in [4.69, 9.17) is 0 Å². The Bertz CT molecular complexity index is 1170. The van der Waals surface area contributed by atoms with Gasteiger partial charge in [-0.2, -0.15) is 4.98 Å². The fourth-order valence-corrected chi connectivity index (χ4v) is 3.89. The molecule has 33 heavy (non-hydrogen) atoms. The first-order valence-corrected chi connectivity index (χ1v) is 10.3. The van der Waals surface area contributed by atoms with Crippen LogP contribution in [0, 0.1) is 5.82 Å². The number of alkyl halides is 3. The number of amides is 1. The smallest absolute Gasteiger partial charge is 0.271 e. The lowest BCUT2D eigenvalue weighted by Crippen LogP contribution is -2.62. The third-order valence-corrected chi connectivity index (χ3v) is 5.99. The van der Waals surface area contributed by atoms with Crippen LogP contribution in [0.2, 0.25) is 0 Å². The highest BCUT2D eigenvalue weighted by atomic mass is 19.3. The number of benzene rings is 1. The van der Waals surface area contributed by atoms with E-state index in [1.165, 1.54) is 41.4 Å². The summed E-state index contributed by atoms with van der Waals surface area (Å²) in [5.74, 6) is -0.0393. The summed E-state index contributed by atoms with van der Waals surface area (Å²) >= 11 is 0. The molecule has 174 valence electrons. The lowest BCUT2D eigenvalue weighted by molar-refractivity contribution is -0.123. The van der Waals surface area contributed by atoms with Gasteiger partial charge in [-0.25, -0.2) is 27.5 Å². The molecule has 1 amide bonds. The maximum Gasteiger partial charge on any atom is 0.271 e. The molecule has 0 saturated heterocycles. The Morgan fingerprint density at radius 3 is 2.45 bits per heavy atom. The van der Waals surface area contributed by atoms with Gasteiger partial charge in [0.1, 0.15) is 22.9 Å². The summed E-state index contributed by atoms with van der Waals surface area (Å²) in [5.41, 5.74) is -0.396. The first kappa shape index (κ1) is 22.7. The minimum absolute atomic E-state index is 0.143. The minimum atomic E-state index is -3.20. The Morgan fingerprint density at radius 2 is 1.82 bits per heavy atom. The number of imidazole rings is 1. The van der Waals surface area contributed by atoms with Crippen molar-refractivity contribution in [1.82, 2.24) is 19.5 Å². The van der Waals surface area contributed by atoms with Gasteiger partial charge in [-0.05, 0) is 37.6 Å². The van der Waals surface area contributed by atoms with Crippen molar-refractivity contribution in [2.45, 2.75) is 38.4 Å². The summed E-state index contributed by atoms with van der Waals surface area (Å²) in [5, 5.41) is 0. The van der Waals surface area contributed by atoms with Gasteiger partial charge >= 0.3 is 0 Å². The maximum absolute atomic E-state index is 14.2. The Morgan fingerprint density at radius 1 is 1.12 bits per heavy atom. The number of hydrogen-bond acceptors (Lipinski definition) is 5. The van der Waals surface area contributed by atoms with Crippen molar-refractivity contribution in [3.8, 4) is 17.3 Å². The molecule has 0 bridgehead atoms. The van der Waals surface area contributed by atoms with Gasteiger partial charge in [0, 0.05) is 25.0 Å². The van der Waals surface area contributed by atoms with Crippen LogP contribution in [0.25, 0.3) is 17.3 Å². The van der Waals surface area contributed by atoms with Crippen molar-refractivity contribution < 1.29 is 22.4 Å². The highest BCUT2D eigenvalue weighted by molar-refractivity contribution is 6.07. The number of anilines is 2. The first-order chi connectivity index (χ1) is 15.7. The number of hydrogen-bond donors (Lipinski definition) is 0. The third kappa shape index (κ3) is 3.81. The molecule has 3 heterocycles. The van der Waals surface area contributed by atoms with Crippen molar-refractivity contribution in [3.63, 3.8) is 0 Å². The molecule has 0 aliphatic carbocycles. The maximum atomic E-state index is 14.2. The zero-order valence-corrected chi connectivity index (χ0v) is 18.2.